The van der Waals surface area contributed by atoms with Crippen molar-refractivity contribution in [2.45, 2.75) is 38.4 Å². The summed E-state index contributed by atoms with van der Waals surface area (Å²) in [7, 11) is 0. The minimum Gasteiger partial charge on any atom is -0.465 e. The number of hydrogen-bond acceptors (Lipinski definition) is 1. The van der Waals surface area contributed by atoms with Crippen molar-refractivity contribution in [3.63, 3.8) is 0 Å². The average Bonchev–Trinajstić information content (AvgIpc) is 2.15. The molecule has 0 bridgehead atoms. The van der Waals surface area contributed by atoms with Gasteiger partial charge < -0.3 is 10.0 Å². The first-order valence-corrected chi connectivity index (χ1v) is 6.36. The molecule has 0 aromatic carbocycles. The van der Waals surface area contributed by atoms with Gasteiger partial charge in [0.1, 0.15) is 0 Å². The molecule has 0 aromatic heterocycles. The molecule has 1 unspecified atom stereocenters. The van der Waals surface area contributed by atoms with Gasteiger partial charge in [0, 0.05) is 17.9 Å². The van der Waals surface area contributed by atoms with Crippen LogP contribution in [0, 0.1) is 11.3 Å². The summed E-state index contributed by atoms with van der Waals surface area (Å²) in [6.45, 7) is 8.01. The van der Waals surface area contributed by atoms with Crippen molar-refractivity contribution in [3.05, 3.63) is 0 Å². The van der Waals surface area contributed by atoms with Crippen molar-refractivity contribution in [3.8, 4) is 0 Å². The topological polar surface area (TPSA) is 40.5 Å². The highest BCUT2D eigenvalue weighted by Gasteiger charge is 2.33. The molecule has 1 amide bonds. The molecule has 1 aliphatic heterocycles. The molecule has 0 aromatic rings. The Morgan fingerprint density at radius 2 is 1.87 bits per heavy atom. The summed E-state index contributed by atoms with van der Waals surface area (Å²) in [6.07, 6.45) is 1.16. The lowest BCUT2D eigenvalue weighted by atomic mass is 9.80. The van der Waals surface area contributed by atoms with Crippen molar-refractivity contribution < 1.29 is 9.90 Å². The van der Waals surface area contributed by atoms with Crippen molar-refractivity contribution in [2.75, 3.05) is 13.1 Å². The van der Waals surface area contributed by atoms with E-state index >= 15 is 0 Å². The molecule has 1 N–H and O–H groups in total. The van der Waals surface area contributed by atoms with Gasteiger partial charge in [0.05, 0.1) is 0 Å². The standard InChI is InChI=1S/C11H20BrNO2/c1-11(2,3)9(12)8-4-6-13(7-5-8)10(14)15/h8-9H,4-7H2,1-3H3,(H,14,15). The van der Waals surface area contributed by atoms with Crippen molar-refractivity contribution in [2.24, 2.45) is 11.3 Å². The fourth-order valence-corrected chi connectivity index (χ4v) is 2.62. The second-order valence-corrected chi connectivity index (χ2v) is 6.36. The summed E-state index contributed by atoms with van der Waals surface area (Å²) in [5.74, 6) is 0.598. The van der Waals surface area contributed by atoms with E-state index in [-0.39, 0.29) is 5.41 Å². The van der Waals surface area contributed by atoms with Gasteiger partial charge in [0.25, 0.3) is 0 Å². The molecule has 1 heterocycles. The van der Waals surface area contributed by atoms with Crippen LogP contribution >= 0.6 is 15.9 Å². The lowest BCUT2D eigenvalue weighted by Crippen LogP contribution is -2.41. The number of carbonyl (C=O) groups is 1. The molecule has 88 valence electrons. The second kappa shape index (κ2) is 4.73. The number of nitrogens with zero attached hydrogens (tertiary/aromatic N) is 1. The van der Waals surface area contributed by atoms with E-state index in [4.69, 9.17) is 5.11 Å². The van der Waals surface area contributed by atoms with E-state index in [2.05, 4.69) is 36.7 Å². The number of piperidine rings is 1. The van der Waals surface area contributed by atoms with Crippen LogP contribution < -0.4 is 0 Å². The molecule has 3 nitrogen and oxygen atoms in total. The van der Waals surface area contributed by atoms with Gasteiger partial charge in [-0.3, -0.25) is 0 Å². The Morgan fingerprint density at radius 3 is 2.20 bits per heavy atom. The summed E-state index contributed by atoms with van der Waals surface area (Å²) in [5.41, 5.74) is 0.246. The molecule has 1 rings (SSSR count). The fraction of sp³-hybridized carbons (Fsp3) is 0.909. The highest BCUT2D eigenvalue weighted by molar-refractivity contribution is 9.09. The lowest BCUT2D eigenvalue weighted by Gasteiger charge is -2.38. The van der Waals surface area contributed by atoms with E-state index in [1.54, 1.807) is 0 Å². The third kappa shape index (κ3) is 3.37. The van der Waals surface area contributed by atoms with Crippen LogP contribution in [-0.2, 0) is 0 Å². The summed E-state index contributed by atoms with van der Waals surface area (Å²) in [6, 6.07) is 0. The molecular weight excluding hydrogens is 258 g/mol. The minimum atomic E-state index is -0.782. The van der Waals surface area contributed by atoms with E-state index in [9.17, 15) is 4.79 Å². The third-order valence-corrected chi connectivity index (χ3v) is 5.17. The number of halogens is 1. The average molecular weight is 278 g/mol. The maximum Gasteiger partial charge on any atom is 0.407 e. The van der Waals surface area contributed by atoms with Crippen LogP contribution in [0.5, 0.6) is 0 Å². The Hall–Kier alpha value is -0.250. The molecule has 0 saturated carbocycles. The summed E-state index contributed by atoms with van der Waals surface area (Å²) in [5, 5.41) is 8.84. The maximum absolute atomic E-state index is 10.7. The zero-order chi connectivity index (χ0) is 11.6. The highest BCUT2D eigenvalue weighted by atomic mass is 79.9. The predicted octanol–water partition coefficient (Wildman–Crippen LogP) is 3.19. The van der Waals surface area contributed by atoms with Crippen molar-refractivity contribution in [1.82, 2.24) is 4.90 Å². The van der Waals surface area contributed by atoms with Gasteiger partial charge in [-0.1, -0.05) is 36.7 Å². The number of alkyl halides is 1. The molecule has 1 atom stereocenters. The summed E-state index contributed by atoms with van der Waals surface area (Å²) >= 11 is 3.75. The zero-order valence-corrected chi connectivity index (χ0v) is 11.2. The minimum absolute atomic E-state index is 0.246. The molecule has 0 aliphatic carbocycles. The molecule has 0 spiro atoms. The Morgan fingerprint density at radius 1 is 1.40 bits per heavy atom. The van der Waals surface area contributed by atoms with Gasteiger partial charge >= 0.3 is 6.09 Å². The first-order valence-electron chi connectivity index (χ1n) is 5.44. The number of likely N-dealkylation sites (tertiary alicyclic amines) is 1. The van der Waals surface area contributed by atoms with E-state index in [0.29, 0.717) is 23.8 Å². The van der Waals surface area contributed by atoms with Crippen LogP contribution in [0.4, 0.5) is 4.79 Å². The first-order chi connectivity index (χ1) is 6.82. The van der Waals surface area contributed by atoms with Crippen molar-refractivity contribution >= 4 is 22.0 Å². The van der Waals surface area contributed by atoms with Gasteiger partial charge in [-0.25, -0.2) is 4.79 Å². The Labute approximate surface area is 100.0 Å². The van der Waals surface area contributed by atoms with Crippen molar-refractivity contribution in [1.29, 1.82) is 0 Å². The largest absolute Gasteiger partial charge is 0.465 e. The number of rotatable bonds is 1. The molecule has 15 heavy (non-hydrogen) atoms. The van der Waals surface area contributed by atoms with Gasteiger partial charge in [0.15, 0.2) is 0 Å². The van der Waals surface area contributed by atoms with E-state index < -0.39 is 6.09 Å². The quantitative estimate of drug-likeness (QED) is 0.748. The number of amides is 1. The third-order valence-electron chi connectivity index (χ3n) is 3.05. The normalized spacial score (nSPS) is 21.5. The predicted molar refractivity (Wildman–Crippen MR) is 64.5 cm³/mol. The smallest absolute Gasteiger partial charge is 0.407 e. The van der Waals surface area contributed by atoms with Gasteiger partial charge in [-0.05, 0) is 24.2 Å². The van der Waals surface area contributed by atoms with Gasteiger partial charge in [0.2, 0.25) is 0 Å². The molecule has 1 aliphatic rings. The van der Waals surface area contributed by atoms with Crippen LogP contribution in [0.2, 0.25) is 0 Å². The van der Waals surface area contributed by atoms with E-state index in [1.807, 2.05) is 0 Å². The van der Waals surface area contributed by atoms with Crippen LogP contribution in [0.3, 0.4) is 0 Å². The number of hydrogen-bond donors (Lipinski definition) is 1. The molecule has 1 fully saturated rings. The monoisotopic (exact) mass is 277 g/mol. The summed E-state index contributed by atoms with van der Waals surface area (Å²) in [4.78, 5) is 12.7. The first kappa shape index (κ1) is 12.8. The summed E-state index contributed by atoms with van der Waals surface area (Å²) < 4.78 is 0. The number of carboxylic acid groups (broad SMARTS) is 1. The van der Waals surface area contributed by atoms with Crippen LogP contribution in [0.1, 0.15) is 33.6 Å². The molecule has 1 saturated heterocycles. The zero-order valence-electron chi connectivity index (χ0n) is 9.66. The highest BCUT2D eigenvalue weighted by Crippen LogP contribution is 2.36. The SMILES string of the molecule is CC(C)(C)C(Br)C1CCN(C(=O)O)CC1. The van der Waals surface area contributed by atoms with Crippen LogP contribution in [-0.4, -0.2) is 34.0 Å². The van der Waals surface area contributed by atoms with E-state index in [1.165, 1.54) is 4.90 Å². The van der Waals surface area contributed by atoms with E-state index in [0.717, 1.165) is 12.8 Å². The molecule has 4 heteroatoms. The second-order valence-electron chi connectivity index (χ2n) is 5.37. The molecule has 0 radical (unpaired) electrons. The fourth-order valence-electron chi connectivity index (χ4n) is 2.09. The van der Waals surface area contributed by atoms with Gasteiger partial charge in [-0.15, -0.1) is 0 Å². The Bertz CT molecular complexity index is 229. The molecular formula is C11H20BrNO2. The Kier molecular flexibility index (Phi) is 4.04. The van der Waals surface area contributed by atoms with Crippen LogP contribution in [0.25, 0.3) is 0 Å². The maximum atomic E-state index is 10.7. The Balaban J connectivity index is 2.47. The van der Waals surface area contributed by atoms with Crippen LogP contribution in [0.15, 0.2) is 0 Å². The van der Waals surface area contributed by atoms with Gasteiger partial charge in [-0.2, -0.15) is 0 Å². The lowest BCUT2D eigenvalue weighted by molar-refractivity contribution is 0.118.